The van der Waals surface area contributed by atoms with Crippen molar-refractivity contribution in [3.05, 3.63) is 70.3 Å². The second-order valence-corrected chi connectivity index (χ2v) is 9.31. The monoisotopic (exact) mass is 461 g/mol. The molecule has 2 aromatic rings. The second-order valence-electron chi connectivity index (χ2n) is 9.31. The number of Topliss-reactive ketones (excluding diaryl/α,β-unsaturated/α-hetero) is 1. The van der Waals surface area contributed by atoms with Crippen molar-refractivity contribution in [2.75, 3.05) is 13.2 Å². The number of aliphatic hydroxyl groups excluding tert-OH is 1. The van der Waals surface area contributed by atoms with Gasteiger partial charge in [0.25, 0.3) is 11.7 Å². The normalized spacial score (nSPS) is 19.4. The predicted molar refractivity (Wildman–Crippen MR) is 134 cm³/mol. The molecule has 1 aliphatic carbocycles. The quantitative estimate of drug-likeness (QED) is 0.216. The summed E-state index contributed by atoms with van der Waals surface area (Å²) in [6, 6.07) is 12.9. The molecule has 1 unspecified atom stereocenters. The number of fused-ring (bicyclic) bond motifs is 1. The van der Waals surface area contributed by atoms with E-state index < -0.39 is 17.7 Å². The fourth-order valence-corrected chi connectivity index (χ4v) is 5.02. The van der Waals surface area contributed by atoms with Crippen molar-refractivity contribution in [3.63, 3.8) is 0 Å². The topological polar surface area (TPSA) is 66.8 Å². The lowest BCUT2D eigenvalue weighted by molar-refractivity contribution is -0.139. The number of benzene rings is 2. The van der Waals surface area contributed by atoms with Crippen molar-refractivity contribution in [2.45, 2.75) is 71.3 Å². The minimum absolute atomic E-state index is 0.0878. The van der Waals surface area contributed by atoms with E-state index in [0.29, 0.717) is 18.7 Å². The Bertz CT molecular complexity index is 1070. The van der Waals surface area contributed by atoms with Gasteiger partial charge in [-0.3, -0.25) is 9.59 Å². The number of ketones is 1. The zero-order valence-corrected chi connectivity index (χ0v) is 20.3. The SMILES string of the molecule is CCCCCOc1ccc(C2/C(=C(/O)c3ccc4c(c3)CCCC4)C(=O)C(=O)N2CCC)cc1. The van der Waals surface area contributed by atoms with Gasteiger partial charge in [-0.05, 0) is 73.4 Å². The van der Waals surface area contributed by atoms with Crippen molar-refractivity contribution in [3.8, 4) is 5.75 Å². The van der Waals surface area contributed by atoms with Crippen LogP contribution in [0, 0.1) is 0 Å². The summed E-state index contributed by atoms with van der Waals surface area (Å²) in [6.45, 7) is 5.25. The fourth-order valence-electron chi connectivity index (χ4n) is 5.02. The third-order valence-electron chi connectivity index (χ3n) is 6.84. The van der Waals surface area contributed by atoms with Crippen molar-refractivity contribution in [1.82, 2.24) is 4.90 Å². The molecule has 4 rings (SSSR count). The Balaban J connectivity index is 1.69. The van der Waals surface area contributed by atoms with E-state index in [0.717, 1.165) is 56.3 Å². The van der Waals surface area contributed by atoms with E-state index in [1.54, 1.807) is 4.90 Å². The summed E-state index contributed by atoms with van der Waals surface area (Å²) in [4.78, 5) is 27.6. The standard InChI is InChI=1S/C29H35NO4/c1-3-5-8-18-34-24-15-13-21(14-16-24)26-25(28(32)29(33)30(26)17-4-2)27(31)23-12-11-20-9-6-7-10-22(20)19-23/h11-16,19,26,31H,3-10,17-18H2,1-2H3/b27-25-. The highest BCUT2D eigenvalue weighted by Crippen LogP contribution is 2.40. The summed E-state index contributed by atoms with van der Waals surface area (Å²) in [5.41, 5.74) is 4.11. The summed E-state index contributed by atoms with van der Waals surface area (Å²) in [5.74, 6) is -0.489. The molecule has 180 valence electrons. The minimum atomic E-state index is -0.617. The highest BCUT2D eigenvalue weighted by Gasteiger charge is 2.45. The van der Waals surface area contributed by atoms with Gasteiger partial charge in [0, 0.05) is 12.1 Å². The van der Waals surface area contributed by atoms with Gasteiger partial charge in [0.05, 0.1) is 18.2 Å². The number of unbranched alkanes of at least 4 members (excludes halogenated alkanes) is 2. The number of carbonyl (C=O) groups excluding carboxylic acids is 2. The maximum absolute atomic E-state index is 13.1. The van der Waals surface area contributed by atoms with Crippen LogP contribution in [0.4, 0.5) is 0 Å². The van der Waals surface area contributed by atoms with Gasteiger partial charge in [0.2, 0.25) is 0 Å². The molecule has 0 radical (unpaired) electrons. The minimum Gasteiger partial charge on any atom is -0.507 e. The molecule has 2 aromatic carbocycles. The molecule has 5 heteroatoms. The Hall–Kier alpha value is -3.08. The number of hydrogen-bond donors (Lipinski definition) is 1. The van der Waals surface area contributed by atoms with E-state index in [1.807, 2.05) is 49.4 Å². The van der Waals surface area contributed by atoms with Crippen molar-refractivity contribution in [1.29, 1.82) is 0 Å². The molecule has 1 N–H and O–H groups in total. The van der Waals surface area contributed by atoms with Crippen LogP contribution in [0.1, 0.15) is 80.7 Å². The van der Waals surface area contributed by atoms with Crippen molar-refractivity contribution in [2.24, 2.45) is 0 Å². The maximum Gasteiger partial charge on any atom is 0.295 e. The third kappa shape index (κ3) is 4.89. The predicted octanol–water partition coefficient (Wildman–Crippen LogP) is 5.97. The first kappa shape index (κ1) is 24.1. The van der Waals surface area contributed by atoms with Crippen LogP contribution in [-0.2, 0) is 22.4 Å². The maximum atomic E-state index is 13.1. The first-order chi connectivity index (χ1) is 16.5. The van der Waals surface area contributed by atoms with E-state index in [2.05, 4.69) is 6.92 Å². The van der Waals surface area contributed by atoms with Crippen LogP contribution in [0.5, 0.6) is 5.75 Å². The van der Waals surface area contributed by atoms with Crippen LogP contribution in [0.25, 0.3) is 5.76 Å². The molecule has 1 fully saturated rings. The average Bonchev–Trinajstić information content (AvgIpc) is 3.11. The van der Waals surface area contributed by atoms with E-state index in [9.17, 15) is 14.7 Å². The Labute approximate surface area is 202 Å². The number of aliphatic hydroxyl groups is 1. The molecule has 1 atom stereocenters. The lowest BCUT2D eigenvalue weighted by Gasteiger charge is -2.25. The summed E-state index contributed by atoms with van der Waals surface area (Å²) in [6.07, 6.45) is 8.34. The molecule has 0 saturated carbocycles. The largest absolute Gasteiger partial charge is 0.507 e. The number of aryl methyl sites for hydroxylation is 2. The molecule has 1 heterocycles. The van der Waals surface area contributed by atoms with E-state index in [-0.39, 0.29) is 11.3 Å². The smallest absolute Gasteiger partial charge is 0.295 e. The summed E-state index contributed by atoms with van der Waals surface area (Å²) in [7, 11) is 0. The van der Waals surface area contributed by atoms with E-state index >= 15 is 0 Å². The zero-order chi connectivity index (χ0) is 24.1. The van der Waals surface area contributed by atoms with E-state index in [1.165, 1.54) is 17.5 Å². The molecule has 0 bridgehead atoms. The van der Waals surface area contributed by atoms with Gasteiger partial charge in [-0.25, -0.2) is 0 Å². The molecule has 34 heavy (non-hydrogen) atoms. The number of hydrogen-bond acceptors (Lipinski definition) is 4. The van der Waals surface area contributed by atoms with Gasteiger partial charge in [-0.15, -0.1) is 0 Å². The summed E-state index contributed by atoms with van der Waals surface area (Å²) < 4.78 is 5.83. The Kier molecular flexibility index (Phi) is 7.71. The Morgan fingerprint density at radius 3 is 2.41 bits per heavy atom. The van der Waals surface area contributed by atoms with Crippen molar-refractivity contribution >= 4 is 17.4 Å². The Morgan fingerprint density at radius 1 is 0.971 bits per heavy atom. The Morgan fingerprint density at radius 2 is 1.71 bits per heavy atom. The average molecular weight is 462 g/mol. The second kappa shape index (κ2) is 10.9. The number of nitrogens with zero attached hydrogens (tertiary/aromatic N) is 1. The van der Waals surface area contributed by atoms with Crippen LogP contribution in [0.2, 0.25) is 0 Å². The van der Waals surface area contributed by atoms with Gasteiger partial charge < -0.3 is 14.7 Å². The molecule has 0 aromatic heterocycles. The van der Waals surface area contributed by atoms with Gasteiger partial charge in [-0.1, -0.05) is 51.0 Å². The van der Waals surface area contributed by atoms with Gasteiger partial charge >= 0.3 is 0 Å². The molecular weight excluding hydrogens is 426 g/mol. The molecule has 2 aliphatic rings. The lowest BCUT2D eigenvalue weighted by atomic mass is 9.88. The van der Waals surface area contributed by atoms with Crippen LogP contribution in [0.15, 0.2) is 48.0 Å². The van der Waals surface area contributed by atoms with Crippen LogP contribution < -0.4 is 4.74 Å². The van der Waals surface area contributed by atoms with E-state index in [4.69, 9.17) is 4.74 Å². The van der Waals surface area contributed by atoms with Gasteiger partial charge in [-0.2, -0.15) is 0 Å². The molecule has 5 nitrogen and oxygen atoms in total. The fraction of sp³-hybridized carbons (Fsp3) is 0.448. The number of carbonyl (C=O) groups is 2. The third-order valence-corrected chi connectivity index (χ3v) is 6.84. The number of rotatable bonds is 9. The number of likely N-dealkylation sites (tertiary alicyclic amines) is 1. The van der Waals surface area contributed by atoms with Gasteiger partial charge in [0.15, 0.2) is 0 Å². The summed E-state index contributed by atoms with van der Waals surface area (Å²) in [5, 5.41) is 11.3. The molecular formula is C29H35NO4. The van der Waals surface area contributed by atoms with Crippen LogP contribution >= 0.6 is 0 Å². The molecule has 1 aliphatic heterocycles. The first-order valence-corrected chi connectivity index (χ1v) is 12.7. The van der Waals surface area contributed by atoms with Crippen LogP contribution in [-0.4, -0.2) is 34.8 Å². The van der Waals surface area contributed by atoms with Crippen LogP contribution in [0.3, 0.4) is 0 Å². The molecule has 1 saturated heterocycles. The highest BCUT2D eigenvalue weighted by atomic mass is 16.5. The van der Waals surface area contributed by atoms with Crippen molar-refractivity contribution < 1.29 is 19.4 Å². The molecule has 0 spiro atoms. The highest BCUT2D eigenvalue weighted by molar-refractivity contribution is 6.46. The summed E-state index contributed by atoms with van der Waals surface area (Å²) >= 11 is 0. The number of ether oxygens (including phenoxy) is 1. The van der Waals surface area contributed by atoms with Gasteiger partial charge in [0.1, 0.15) is 11.5 Å². The first-order valence-electron chi connectivity index (χ1n) is 12.7. The lowest BCUT2D eigenvalue weighted by Crippen LogP contribution is -2.30. The zero-order valence-electron chi connectivity index (χ0n) is 20.3. The molecule has 1 amide bonds. The number of amides is 1.